The van der Waals surface area contributed by atoms with E-state index >= 15 is 0 Å². The van der Waals surface area contributed by atoms with Gasteiger partial charge in [-0.05, 0) is 37.0 Å². The molecule has 30 heavy (non-hydrogen) atoms. The summed E-state index contributed by atoms with van der Waals surface area (Å²) in [5, 5.41) is 3.09. The van der Waals surface area contributed by atoms with Crippen molar-refractivity contribution in [2.45, 2.75) is 37.8 Å². The van der Waals surface area contributed by atoms with Crippen molar-refractivity contribution < 1.29 is 14.4 Å². The van der Waals surface area contributed by atoms with Crippen LogP contribution < -0.4 is 5.32 Å². The number of hydrogen-bond donors (Lipinski definition) is 1. The molecule has 2 saturated heterocycles. The van der Waals surface area contributed by atoms with Crippen LogP contribution in [0.2, 0.25) is 0 Å². The molecule has 2 heterocycles. The molecule has 2 aliphatic heterocycles. The Bertz CT molecular complexity index is 892. The van der Waals surface area contributed by atoms with Crippen molar-refractivity contribution in [2.75, 3.05) is 19.6 Å². The quantitative estimate of drug-likeness (QED) is 0.749. The molecule has 0 radical (unpaired) electrons. The Hall–Kier alpha value is -2.99. The number of nitrogens with zero attached hydrogens (tertiary/aromatic N) is 2. The van der Waals surface area contributed by atoms with Crippen molar-refractivity contribution in [3.63, 3.8) is 0 Å². The Labute approximate surface area is 176 Å². The molecule has 6 nitrogen and oxygen atoms in total. The number of benzene rings is 2. The zero-order valence-electron chi connectivity index (χ0n) is 17.0. The maximum Gasteiger partial charge on any atom is 0.251 e. The fraction of sp³-hybridized carbons (Fsp3) is 0.375. The second-order valence-corrected chi connectivity index (χ2v) is 7.99. The van der Waals surface area contributed by atoms with Crippen LogP contribution in [-0.4, -0.2) is 59.2 Å². The second-order valence-electron chi connectivity index (χ2n) is 7.99. The van der Waals surface area contributed by atoms with Gasteiger partial charge in [-0.25, -0.2) is 0 Å². The summed E-state index contributed by atoms with van der Waals surface area (Å²) in [6.45, 7) is 1.84. The summed E-state index contributed by atoms with van der Waals surface area (Å²) in [4.78, 5) is 41.2. The molecular formula is C24H27N3O3. The van der Waals surface area contributed by atoms with Gasteiger partial charge in [0.2, 0.25) is 11.8 Å². The monoisotopic (exact) mass is 405 g/mol. The van der Waals surface area contributed by atoms with Gasteiger partial charge in [-0.3, -0.25) is 24.2 Å². The molecule has 2 fully saturated rings. The van der Waals surface area contributed by atoms with E-state index in [1.54, 1.807) is 12.1 Å². The topological polar surface area (TPSA) is 69.7 Å². The number of piperidine rings is 1. The van der Waals surface area contributed by atoms with Crippen LogP contribution in [0.25, 0.3) is 0 Å². The number of likely N-dealkylation sites (tertiary alicyclic amines) is 2. The Kier molecular flexibility index (Phi) is 6.23. The smallest absolute Gasteiger partial charge is 0.251 e. The molecule has 1 atom stereocenters. The van der Waals surface area contributed by atoms with Crippen LogP contribution in [0.15, 0.2) is 60.7 Å². The highest BCUT2D eigenvalue weighted by atomic mass is 16.2. The third kappa shape index (κ3) is 4.60. The SMILES string of the molecule is O=C(NC1CCN(C2CC(=O)N(CCc3ccccc3)C2=O)CC1)c1ccccc1. The predicted octanol–water partition coefficient (Wildman–Crippen LogP) is 2.25. The number of imide groups is 1. The normalized spacial score (nSPS) is 20.5. The molecule has 3 amide bonds. The van der Waals surface area contributed by atoms with E-state index in [1.165, 1.54) is 4.90 Å². The Morgan fingerprint density at radius 2 is 1.57 bits per heavy atom. The number of carbonyl (C=O) groups excluding carboxylic acids is 3. The maximum absolute atomic E-state index is 12.9. The molecular weight excluding hydrogens is 378 g/mol. The highest BCUT2D eigenvalue weighted by Crippen LogP contribution is 2.23. The van der Waals surface area contributed by atoms with Crippen LogP contribution in [-0.2, 0) is 16.0 Å². The third-order valence-electron chi connectivity index (χ3n) is 6.03. The van der Waals surface area contributed by atoms with Gasteiger partial charge in [0.05, 0.1) is 12.5 Å². The highest BCUT2D eigenvalue weighted by molar-refractivity contribution is 6.05. The Morgan fingerprint density at radius 1 is 0.933 bits per heavy atom. The van der Waals surface area contributed by atoms with Crippen LogP contribution in [0.3, 0.4) is 0 Å². The number of amides is 3. The van der Waals surface area contributed by atoms with Crippen molar-refractivity contribution in [3.8, 4) is 0 Å². The summed E-state index contributed by atoms with van der Waals surface area (Å²) in [6.07, 6.45) is 2.49. The average molecular weight is 405 g/mol. The maximum atomic E-state index is 12.9. The zero-order chi connectivity index (χ0) is 20.9. The largest absolute Gasteiger partial charge is 0.349 e. The molecule has 0 aliphatic carbocycles. The van der Waals surface area contributed by atoms with Crippen molar-refractivity contribution in [1.29, 1.82) is 0 Å². The molecule has 4 rings (SSSR count). The lowest BCUT2D eigenvalue weighted by molar-refractivity contribution is -0.139. The Morgan fingerprint density at radius 3 is 2.23 bits per heavy atom. The van der Waals surface area contributed by atoms with E-state index in [-0.39, 0.29) is 36.2 Å². The third-order valence-corrected chi connectivity index (χ3v) is 6.03. The molecule has 0 saturated carbocycles. The van der Waals surface area contributed by atoms with Crippen molar-refractivity contribution in [3.05, 3.63) is 71.8 Å². The van der Waals surface area contributed by atoms with Crippen LogP contribution in [0.4, 0.5) is 0 Å². The van der Waals surface area contributed by atoms with Gasteiger partial charge >= 0.3 is 0 Å². The minimum atomic E-state index is -0.362. The zero-order valence-corrected chi connectivity index (χ0v) is 17.0. The lowest BCUT2D eigenvalue weighted by Gasteiger charge is -2.35. The first kappa shape index (κ1) is 20.3. The van der Waals surface area contributed by atoms with E-state index in [2.05, 4.69) is 10.2 Å². The van der Waals surface area contributed by atoms with Crippen LogP contribution in [0.1, 0.15) is 35.2 Å². The lowest BCUT2D eigenvalue weighted by Crippen LogP contribution is -2.50. The predicted molar refractivity (Wildman–Crippen MR) is 114 cm³/mol. The van der Waals surface area contributed by atoms with Gasteiger partial charge in [-0.1, -0.05) is 48.5 Å². The minimum absolute atomic E-state index is 0.0618. The van der Waals surface area contributed by atoms with E-state index in [1.807, 2.05) is 48.5 Å². The van der Waals surface area contributed by atoms with Gasteiger partial charge in [0.25, 0.3) is 5.91 Å². The second kappa shape index (κ2) is 9.22. The van der Waals surface area contributed by atoms with Crippen molar-refractivity contribution in [2.24, 2.45) is 0 Å². The number of carbonyl (C=O) groups is 3. The van der Waals surface area contributed by atoms with Crippen molar-refractivity contribution >= 4 is 17.7 Å². The average Bonchev–Trinajstić information content (AvgIpc) is 3.07. The molecule has 2 aromatic rings. The minimum Gasteiger partial charge on any atom is -0.349 e. The first-order valence-corrected chi connectivity index (χ1v) is 10.6. The fourth-order valence-electron chi connectivity index (χ4n) is 4.29. The van der Waals surface area contributed by atoms with E-state index in [0.717, 1.165) is 18.4 Å². The standard InChI is InChI=1S/C24H27N3O3/c28-22-17-21(24(30)27(22)16-11-18-7-3-1-4-8-18)26-14-12-20(13-15-26)25-23(29)19-9-5-2-6-10-19/h1-10,20-21H,11-17H2,(H,25,29). The van der Waals surface area contributed by atoms with Gasteiger partial charge in [0, 0.05) is 31.2 Å². The van der Waals surface area contributed by atoms with Gasteiger partial charge in [-0.15, -0.1) is 0 Å². The first-order chi connectivity index (χ1) is 14.6. The first-order valence-electron chi connectivity index (χ1n) is 10.6. The van der Waals surface area contributed by atoms with Crippen LogP contribution in [0.5, 0.6) is 0 Å². The summed E-state index contributed by atoms with van der Waals surface area (Å²) in [7, 11) is 0. The summed E-state index contributed by atoms with van der Waals surface area (Å²) in [5.41, 5.74) is 1.78. The molecule has 0 aromatic heterocycles. The van der Waals surface area contributed by atoms with E-state index < -0.39 is 0 Å². The van der Waals surface area contributed by atoms with Crippen LogP contribution >= 0.6 is 0 Å². The highest BCUT2D eigenvalue weighted by Gasteiger charge is 2.42. The molecule has 6 heteroatoms. The van der Waals surface area contributed by atoms with E-state index in [4.69, 9.17) is 0 Å². The number of hydrogen-bond acceptors (Lipinski definition) is 4. The van der Waals surface area contributed by atoms with Crippen molar-refractivity contribution in [1.82, 2.24) is 15.1 Å². The van der Waals surface area contributed by atoms with E-state index in [9.17, 15) is 14.4 Å². The molecule has 1 unspecified atom stereocenters. The Balaban J connectivity index is 1.28. The molecule has 1 N–H and O–H groups in total. The lowest BCUT2D eigenvalue weighted by atomic mass is 10.0. The molecule has 0 spiro atoms. The molecule has 2 aliphatic rings. The van der Waals surface area contributed by atoms with Gasteiger partial charge in [0.15, 0.2) is 0 Å². The molecule has 156 valence electrons. The summed E-state index contributed by atoms with van der Waals surface area (Å²) in [6, 6.07) is 18.8. The summed E-state index contributed by atoms with van der Waals surface area (Å²) >= 11 is 0. The van der Waals surface area contributed by atoms with Gasteiger partial charge in [0.1, 0.15) is 0 Å². The van der Waals surface area contributed by atoms with E-state index in [0.29, 0.717) is 31.6 Å². The van der Waals surface area contributed by atoms with Gasteiger partial charge in [-0.2, -0.15) is 0 Å². The number of nitrogens with one attached hydrogen (secondary N) is 1. The molecule has 2 aromatic carbocycles. The molecule has 0 bridgehead atoms. The van der Waals surface area contributed by atoms with Crippen LogP contribution in [0, 0.1) is 0 Å². The summed E-state index contributed by atoms with van der Waals surface area (Å²) in [5.74, 6) is -0.226. The number of rotatable bonds is 6. The van der Waals surface area contributed by atoms with Gasteiger partial charge < -0.3 is 5.32 Å². The fourth-order valence-corrected chi connectivity index (χ4v) is 4.29. The summed E-state index contributed by atoms with van der Waals surface area (Å²) < 4.78 is 0.